The van der Waals surface area contributed by atoms with E-state index in [2.05, 4.69) is 4.98 Å². The third-order valence-electron chi connectivity index (χ3n) is 2.88. The third-order valence-corrected chi connectivity index (χ3v) is 6.02. The maximum absolute atomic E-state index is 12.8. The number of hydrogen-bond acceptors (Lipinski definition) is 4. The summed E-state index contributed by atoms with van der Waals surface area (Å²) in [6.45, 7) is 3.48. The molecule has 0 radical (unpaired) electrons. The van der Waals surface area contributed by atoms with Gasteiger partial charge in [0.2, 0.25) is 0 Å². The molecule has 1 aromatic heterocycles. The molecule has 2 rings (SSSR count). The van der Waals surface area contributed by atoms with Crippen molar-refractivity contribution in [1.82, 2.24) is 13.9 Å². The fraction of sp³-hybridized carbons (Fsp3) is 0.700. The third kappa shape index (κ3) is 2.82. The Kier molecular flexibility index (Phi) is 4.09. The van der Waals surface area contributed by atoms with Crippen molar-refractivity contribution >= 4 is 21.8 Å². The van der Waals surface area contributed by atoms with Gasteiger partial charge in [-0.1, -0.05) is 0 Å². The molecule has 1 atom stereocenters. The van der Waals surface area contributed by atoms with Crippen LogP contribution < -0.4 is 0 Å². The van der Waals surface area contributed by atoms with E-state index in [1.165, 1.54) is 12.5 Å². The number of alkyl halides is 3. The summed E-state index contributed by atoms with van der Waals surface area (Å²) in [5.74, 6) is 0.119. The number of hydrogen-bond donors (Lipinski definition) is 0. The highest BCUT2D eigenvalue weighted by atomic mass is 32.2. The molecule has 0 spiro atoms. The summed E-state index contributed by atoms with van der Waals surface area (Å²) in [5.41, 5.74) is 0. The number of nitrogens with zero attached hydrogens (tertiary/aromatic N) is 3. The molecule has 0 N–H and O–H groups in total. The lowest BCUT2D eigenvalue weighted by molar-refractivity contribution is -0.144. The van der Waals surface area contributed by atoms with E-state index in [-0.39, 0.29) is 23.4 Å². The van der Waals surface area contributed by atoms with Gasteiger partial charge in [0.1, 0.15) is 0 Å². The van der Waals surface area contributed by atoms with Crippen LogP contribution >= 0.6 is 11.8 Å². The summed E-state index contributed by atoms with van der Waals surface area (Å²) in [7, 11) is -4.22. The van der Waals surface area contributed by atoms with E-state index < -0.39 is 21.6 Å². The number of rotatable bonds is 3. The zero-order chi connectivity index (χ0) is 15.1. The van der Waals surface area contributed by atoms with E-state index >= 15 is 0 Å². The first-order valence-corrected chi connectivity index (χ1v) is 8.36. The summed E-state index contributed by atoms with van der Waals surface area (Å²) in [6.07, 6.45) is -2.02. The number of aromatic nitrogens is 2. The van der Waals surface area contributed by atoms with Crippen molar-refractivity contribution in [3.8, 4) is 0 Å². The van der Waals surface area contributed by atoms with Gasteiger partial charge >= 0.3 is 6.18 Å². The van der Waals surface area contributed by atoms with E-state index in [1.54, 1.807) is 4.57 Å². The predicted octanol–water partition coefficient (Wildman–Crippen LogP) is 2.09. The molecule has 1 aliphatic rings. The zero-order valence-electron chi connectivity index (χ0n) is 10.8. The molecule has 10 heteroatoms. The fourth-order valence-corrected chi connectivity index (χ4v) is 4.82. The lowest BCUT2D eigenvalue weighted by Gasteiger charge is -2.23. The Labute approximate surface area is 119 Å². The lowest BCUT2D eigenvalue weighted by Crippen LogP contribution is -2.43. The van der Waals surface area contributed by atoms with Gasteiger partial charge in [0, 0.05) is 24.5 Å². The molecule has 0 bridgehead atoms. The van der Waals surface area contributed by atoms with Crippen molar-refractivity contribution in [2.24, 2.45) is 0 Å². The van der Waals surface area contributed by atoms with Gasteiger partial charge in [0.15, 0.2) is 10.4 Å². The van der Waals surface area contributed by atoms with Crippen LogP contribution in [0.1, 0.15) is 19.9 Å². The second-order valence-corrected chi connectivity index (χ2v) is 7.66. The van der Waals surface area contributed by atoms with Crippen LogP contribution in [0.4, 0.5) is 13.2 Å². The van der Waals surface area contributed by atoms with Crippen LogP contribution in [0.25, 0.3) is 0 Å². The molecule has 2 heterocycles. The van der Waals surface area contributed by atoms with Crippen LogP contribution in [0, 0.1) is 0 Å². The van der Waals surface area contributed by atoms with E-state index in [0.29, 0.717) is 16.1 Å². The maximum atomic E-state index is 12.8. The Balaban J connectivity index is 2.34. The van der Waals surface area contributed by atoms with Crippen LogP contribution in [0.15, 0.2) is 17.6 Å². The lowest BCUT2D eigenvalue weighted by atomic mass is 10.4. The number of imidazole rings is 1. The van der Waals surface area contributed by atoms with Crippen molar-refractivity contribution in [1.29, 1.82) is 0 Å². The standard InChI is InChI=1S/C10H14F3N3O2S2/c1-7(2)15-5-8(14-6-15)20(17,18)16-3-4-19-9(16)10(11,12)13/h5-7,9H,3-4H2,1-2H3. The van der Waals surface area contributed by atoms with E-state index in [9.17, 15) is 21.6 Å². The van der Waals surface area contributed by atoms with Gasteiger partial charge in [-0.3, -0.25) is 0 Å². The molecular weight excluding hydrogens is 315 g/mol. The average molecular weight is 329 g/mol. The Morgan fingerprint density at radius 1 is 1.45 bits per heavy atom. The molecule has 1 aromatic rings. The molecule has 0 saturated carbocycles. The van der Waals surface area contributed by atoms with Gasteiger partial charge in [0.25, 0.3) is 10.0 Å². The first-order chi connectivity index (χ1) is 9.14. The molecule has 0 aromatic carbocycles. The van der Waals surface area contributed by atoms with Crippen molar-refractivity contribution in [2.75, 3.05) is 12.3 Å². The molecule has 1 aliphatic heterocycles. The first-order valence-electron chi connectivity index (χ1n) is 5.87. The quantitative estimate of drug-likeness (QED) is 0.852. The van der Waals surface area contributed by atoms with Crippen LogP contribution in [-0.2, 0) is 10.0 Å². The van der Waals surface area contributed by atoms with Crippen molar-refractivity contribution in [3.05, 3.63) is 12.5 Å². The Bertz CT molecular complexity index is 583. The van der Waals surface area contributed by atoms with Gasteiger partial charge in [-0.2, -0.15) is 17.5 Å². The van der Waals surface area contributed by atoms with Crippen LogP contribution in [0.5, 0.6) is 0 Å². The van der Waals surface area contributed by atoms with E-state index in [4.69, 9.17) is 0 Å². The molecular formula is C10H14F3N3O2S2. The number of thioether (sulfide) groups is 1. The fourth-order valence-electron chi connectivity index (χ4n) is 1.81. The minimum absolute atomic E-state index is 0.0159. The topological polar surface area (TPSA) is 55.2 Å². The summed E-state index contributed by atoms with van der Waals surface area (Å²) in [4.78, 5) is 3.73. The minimum atomic E-state index is -4.59. The van der Waals surface area contributed by atoms with Gasteiger partial charge in [-0.05, 0) is 13.8 Å². The smallest absolute Gasteiger partial charge is 0.334 e. The second-order valence-electron chi connectivity index (χ2n) is 4.63. The molecule has 0 aliphatic carbocycles. The number of halogens is 3. The van der Waals surface area contributed by atoms with Crippen molar-refractivity contribution < 1.29 is 21.6 Å². The molecule has 114 valence electrons. The van der Waals surface area contributed by atoms with Crippen molar-refractivity contribution in [3.63, 3.8) is 0 Å². The minimum Gasteiger partial charge on any atom is -0.334 e. The highest BCUT2D eigenvalue weighted by Crippen LogP contribution is 2.39. The van der Waals surface area contributed by atoms with Crippen LogP contribution in [0.3, 0.4) is 0 Å². The summed E-state index contributed by atoms with van der Waals surface area (Å²) in [5, 5.41) is -2.38. The normalized spacial score (nSPS) is 21.8. The highest BCUT2D eigenvalue weighted by molar-refractivity contribution is 8.01. The summed E-state index contributed by atoms with van der Waals surface area (Å²) < 4.78 is 65.1. The second kappa shape index (κ2) is 5.23. The zero-order valence-corrected chi connectivity index (χ0v) is 12.5. The Morgan fingerprint density at radius 2 is 2.10 bits per heavy atom. The number of sulfonamides is 1. The van der Waals surface area contributed by atoms with Gasteiger partial charge in [-0.15, -0.1) is 11.8 Å². The van der Waals surface area contributed by atoms with Crippen molar-refractivity contribution in [2.45, 2.75) is 36.5 Å². The predicted molar refractivity (Wildman–Crippen MR) is 68.8 cm³/mol. The molecule has 1 saturated heterocycles. The molecule has 20 heavy (non-hydrogen) atoms. The van der Waals surface area contributed by atoms with Crippen LogP contribution in [0.2, 0.25) is 0 Å². The highest BCUT2D eigenvalue weighted by Gasteiger charge is 2.51. The van der Waals surface area contributed by atoms with Gasteiger partial charge in [0.05, 0.1) is 6.33 Å². The Hall–Kier alpha value is -0.740. The summed E-state index contributed by atoms with van der Waals surface area (Å²) in [6, 6.07) is -0.0159. The Morgan fingerprint density at radius 3 is 2.60 bits per heavy atom. The molecule has 1 unspecified atom stereocenters. The van der Waals surface area contributed by atoms with Crippen LogP contribution in [-0.4, -0.2) is 46.1 Å². The van der Waals surface area contributed by atoms with E-state index in [0.717, 1.165) is 0 Å². The molecule has 0 amide bonds. The maximum Gasteiger partial charge on any atom is 0.414 e. The largest absolute Gasteiger partial charge is 0.414 e. The van der Waals surface area contributed by atoms with E-state index in [1.807, 2.05) is 13.8 Å². The van der Waals surface area contributed by atoms with Gasteiger partial charge < -0.3 is 4.57 Å². The average Bonchev–Trinajstić information content (AvgIpc) is 2.98. The SMILES string of the molecule is CC(C)n1cnc(S(=O)(=O)N2CCSC2C(F)(F)F)c1. The first kappa shape index (κ1) is 15.6. The monoisotopic (exact) mass is 329 g/mol. The van der Waals surface area contributed by atoms with Gasteiger partial charge in [-0.25, -0.2) is 13.4 Å². The summed E-state index contributed by atoms with van der Waals surface area (Å²) >= 11 is 0.579. The molecule has 1 fully saturated rings. The molecule has 5 nitrogen and oxygen atoms in total.